The summed E-state index contributed by atoms with van der Waals surface area (Å²) in [6, 6.07) is 12.4. The molecule has 2 aromatic carbocycles. The molecule has 1 saturated heterocycles. The van der Waals surface area contributed by atoms with Crippen LogP contribution in [-0.4, -0.2) is 27.6 Å². The van der Waals surface area contributed by atoms with Crippen molar-refractivity contribution in [3.63, 3.8) is 0 Å². The minimum atomic E-state index is -0.256. The van der Waals surface area contributed by atoms with Crippen LogP contribution < -0.4 is 5.32 Å². The van der Waals surface area contributed by atoms with Gasteiger partial charge in [-0.05, 0) is 44.0 Å². The number of halogens is 2. The van der Waals surface area contributed by atoms with Crippen LogP contribution in [0, 0.1) is 6.92 Å². The van der Waals surface area contributed by atoms with Crippen molar-refractivity contribution in [1.82, 2.24) is 15.0 Å². The fraction of sp³-hybridized carbons (Fsp3) is 0.250. The molecule has 3 aromatic rings. The van der Waals surface area contributed by atoms with Gasteiger partial charge in [0.15, 0.2) is 0 Å². The van der Waals surface area contributed by atoms with Crippen molar-refractivity contribution in [3.05, 3.63) is 64.0 Å². The highest BCUT2D eigenvalue weighted by molar-refractivity contribution is 6.42. The lowest BCUT2D eigenvalue weighted by molar-refractivity contribution is 0.193. The molecule has 0 aliphatic carbocycles. The third kappa shape index (κ3) is 3.84. The van der Waals surface area contributed by atoms with Crippen molar-refractivity contribution in [2.45, 2.75) is 25.8 Å². The highest BCUT2D eigenvalue weighted by Crippen LogP contribution is 2.33. The van der Waals surface area contributed by atoms with Gasteiger partial charge in [0.25, 0.3) is 0 Å². The van der Waals surface area contributed by atoms with Crippen LogP contribution in [0.1, 0.15) is 30.3 Å². The molecule has 1 aliphatic heterocycles. The first-order valence-electron chi connectivity index (χ1n) is 8.94. The monoisotopic (exact) mass is 416 g/mol. The number of benzene rings is 2. The Morgan fingerprint density at radius 3 is 2.86 bits per heavy atom. The number of hydrogen-bond acceptors (Lipinski definition) is 4. The van der Waals surface area contributed by atoms with Crippen LogP contribution >= 0.6 is 23.2 Å². The molecule has 2 amide bonds. The van der Waals surface area contributed by atoms with E-state index >= 15 is 0 Å². The maximum atomic E-state index is 12.8. The molecule has 1 atom stereocenters. The first-order valence-corrected chi connectivity index (χ1v) is 9.70. The van der Waals surface area contributed by atoms with Gasteiger partial charge in [0.2, 0.25) is 11.7 Å². The summed E-state index contributed by atoms with van der Waals surface area (Å²) in [6.45, 7) is 2.62. The Balaban J connectivity index is 1.52. The predicted octanol–water partition coefficient (Wildman–Crippen LogP) is 5.72. The SMILES string of the molecule is Cc1cccc(-c2noc(C3CCCN3C(=O)Nc3ccc(Cl)c(Cl)c3)n2)c1. The van der Waals surface area contributed by atoms with Gasteiger partial charge in [0.05, 0.1) is 10.0 Å². The first kappa shape index (κ1) is 18.8. The Morgan fingerprint density at radius 1 is 1.21 bits per heavy atom. The Hall–Kier alpha value is -2.57. The van der Waals surface area contributed by atoms with Crippen molar-refractivity contribution >= 4 is 34.9 Å². The molecular formula is C20H18Cl2N4O2. The second kappa shape index (κ2) is 7.81. The van der Waals surface area contributed by atoms with Gasteiger partial charge in [-0.25, -0.2) is 4.79 Å². The second-order valence-electron chi connectivity index (χ2n) is 6.74. The second-order valence-corrected chi connectivity index (χ2v) is 7.55. The van der Waals surface area contributed by atoms with Crippen molar-refractivity contribution in [2.75, 3.05) is 11.9 Å². The number of anilines is 1. The zero-order chi connectivity index (χ0) is 19.7. The van der Waals surface area contributed by atoms with Gasteiger partial charge in [-0.1, -0.05) is 52.1 Å². The molecule has 0 radical (unpaired) electrons. The standard InChI is InChI=1S/C20H18Cl2N4O2/c1-12-4-2-5-13(10-12)18-24-19(28-25-18)17-6-3-9-26(17)20(27)23-14-7-8-15(21)16(22)11-14/h2,4-5,7-8,10-11,17H,3,6,9H2,1H3,(H,23,27). The lowest BCUT2D eigenvalue weighted by Crippen LogP contribution is -2.34. The van der Waals surface area contributed by atoms with Gasteiger partial charge < -0.3 is 14.7 Å². The maximum Gasteiger partial charge on any atom is 0.322 e. The van der Waals surface area contributed by atoms with Crippen molar-refractivity contribution in [2.24, 2.45) is 0 Å². The Morgan fingerprint density at radius 2 is 2.07 bits per heavy atom. The number of carbonyl (C=O) groups is 1. The minimum Gasteiger partial charge on any atom is -0.337 e. The third-order valence-corrected chi connectivity index (χ3v) is 5.43. The number of carbonyl (C=O) groups excluding carboxylic acids is 1. The zero-order valence-corrected chi connectivity index (χ0v) is 16.7. The molecule has 0 spiro atoms. The number of aryl methyl sites for hydroxylation is 1. The fourth-order valence-electron chi connectivity index (χ4n) is 3.31. The summed E-state index contributed by atoms with van der Waals surface area (Å²) in [5.41, 5.74) is 2.59. The van der Waals surface area contributed by atoms with E-state index in [1.165, 1.54) is 0 Å². The van der Waals surface area contributed by atoms with E-state index in [0.29, 0.717) is 34.0 Å². The van der Waals surface area contributed by atoms with Crippen LogP contribution in [0.2, 0.25) is 10.0 Å². The number of hydrogen-bond donors (Lipinski definition) is 1. The van der Waals surface area contributed by atoms with Crippen LogP contribution in [-0.2, 0) is 0 Å². The summed E-state index contributed by atoms with van der Waals surface area (Å²) in [5.74, 6) is 0.966. The molecular weight excluding hydrogens is 399 g/mol. The molecule has 28 heavy (non-hydrogen) atoms. The molecule has 1 aromatic heterocycles. The lowest BCUT2D eigenvalue weighted by Gasteiger charge is -2.22. The smallest absolute Gasteiger partial charge is 0.322 e. The van der Waals surface area contributed by atoms with E-state index < -0.39 is 0 Å². The molecule has 1 fully saturated rings. The van der Waals surface area contributed by atoms with Gasteiger partial charge in [0, 0.05) is 17.8 Å². The Bertz CT molecular complexity index is 1020. The quantitative estimate of drug-likeness (QED) is 0.592. The van der Waals surface area contributed by atoms with Crippen molar-refractivity contribution < 1.29 is 9.32 Å². The zero-order valence-electron chi connectivity index (χ0n) is 15.2. The number of rotatable bonds is 3. The topological polar surface area (TPSA) is 71.3 Å². The van der Waals surface area contributed by atoms with E-state index in [2.05, 4.69) is 15.5 Å². The predicted molar refractivity (Wildman–Crippen MR) is 109 cm³/mol. The van der Waals surface area contributed by atoms with Crippen LogP contribution in [0.15, 0.2) is 47.0 Å². The maximum absolute atomic E-state index is 12.8. The van der Waals surface area contributed by atoms with Gasteiger partial charge >= 0.3 is 6.03 Å². The molecule has 144 valence electrons. The molecule has 8 heteroatoms. The van der Waals surface area contributed by atoms with Crippen LogP contribution in [0.5, 0.6) is 0 Å². The number of likely N-dealkylation sites (tertiary alicyclic amines) is 1. The summed E-state index contributed by atoms with van der Waals surface area (Å²) < 4.78 is 5.49. The number of amides is 2. The number of nitrogens with zero attached hydrogens (tertiary/aromatic N) is 3. The number of aromatic nitrogens is 2. The highest BCUT2D eigenvalue weighted by atomic mass is 35.5. The van der Waals surface area contributed by atoms with E-state index in [-0.39, 0.29) is 12.1 Å². The molecule has 6 nitrogen and oxygen atoms in total. The largest absolute Gasteiger partial charge is 0.337 e. The van der Waals surface area contributed by atoms with E-state index in [9.17, 15) is 4.79 Å². The normalized spacial score (nSPS) is 16.4. The number of nitrogens with one attached hydrogen (secondary N) is 1. The van der Waals surface area contributed by atoms with Gasteiger partial charge in [-0.2, -0.15) is 4.98 Å². The summed E-state index contributed by atoms with van der Waals surface area (Å²) in [4.78, 5) is 19.0. The van der Waals surface area contributed by atoms with Gasteiger partial charge in [-0.15, -0.1) is 0 Å². The average molecular weight is 417 g/mol. The summed E-state index contributed by atoms with van der Waals surface area (Å²) >= 11 is 12.0. The van der Waals surface area contributed by atoms with Crippen LogP contribution in [0.25, 0.3) is 11.4 Å². The molecule has 1 aliphatic rings. The summed E-state index contributed by atoms with van der Waals surface area (Å²) in [6.07, 6.45) is 1.63. The van der Waals surface area contributed by atoms with Gasteiger partial charge in [0.1, 0.15) is 6.04 Å². The van der Waals surface area contributed by atoms with E-state index in [1.807, 2.05) is 31.2 Å². The van der Waals surface area contributed by atoms with Crippen molar-refractivity contribution in [3.8, 4) is 11.4 Å². The molecule has 0 bridgehead atoms. The van der Waals surface area contributed by atoms with Crippen LogP contribution in [0.3, 0.4) is 0 Å². The molecule has 1 unspecified atom stereocenters. The average Bonchev–Trinajstić information content (AvgIpc) is 3.33. The molecule has 1 N–H and O–H groups in total. The summed E-state index contributed by atoms with van der Waals surface area (Å²) in [7, 11) is 0. The van der Waals surface area contributed by atoms with Crippen LogP contribution in [0.4, 0.5) is 10.5 Å². The minimum absolute atomic E-state index is 0.240. The van der Waals surface area contributed by atoms with Gasteiger partial charge in [-0.3, -0.25) is 0 Å². The molecule has 2 heterocycles. The Labute approximate surface area is 172 Å². The van der Waals surface area contributed by atoms with E-state index in [1.54, 1.807) is 23.1 Å². The molecule has 4 rings (SSSR count). The lowest BCUT2D eigenvalue weighted by atomic mass is 10.1. The Kier molecular flexibility index (Phi) is 5.24. The number of urea groups is 1. The third-order valence-electron chi connectivity index (χ3n) is 4.69. The fourth-order valence-corrected chi connectivity index (χ4v) is 3.61. The molecule has 0 saturated carbocycles. The van der Waals surface area contributed by atoms with E-state index in [0.717, 1.165) is 24.0 Å². The first-order chi connectivity index (χ1) is 13.5. The van der Waals surface area contributed by atoms with E-state index in [4.69, 9.17) is 27.7 Å². The summed E-state index contributed by atoms with van der Waals surface area (Å²) in [5, 5.41) is 7.77. The highest BCUT2D eigenvalue weighted by Gasteiger charge is 2.34. The van der Waals surface area contributed by atoms with Crippen molar-refractivity contribution in [1.29, 1.82) is 0 Å².